The minimum atomic E-state index is -0.787. The number of carbonyl (C=O) groups excluding carboxylic acids is 1. The molecule has 4 aromatic rings. The van der Waals surface area contributed by atoms with Crippen molar-refractivity contribution < 1.29 is 19.1 Å². The summed E-state index contributed by atoms with van der Waals surface area (Å²) in [5.74, 6) is -0.902. The zero-order valence-electron chi connectivity index (χ0n) is 18.3. The molecule has 8 nitrogen and oxygen atoms in total. The molecular formula is C25H22N4O4S. The fourth-order valence-electron chi connectivity index (χ4n) is 5.03. The van der Waals surface area contributed by atoms with Crippen molar-refractivity contribution in [3.05, 3.63) is 64.4 Å². The summed E-state index contributed by atoms with van der Waals surface area (Å²) in [4.78, 5) is 38.1. The van der Waals surface area contributed by atoms with E-state index in [1.807, 2.05) is 35.2 Å². The average Bonchev–Trinajstić information content (AvgIpc) is 3.64. The number of aliphatic carboxylic acids is 1. The first-order valence-corrected chi connectivity index (χ1v) is 12.1. The molecule has 2 aliphatic heterocycles. The summed E-state index contributed by atoms with van der Waals surface area (Å²) in [5.41, 5.74) is 5.73. The standard InChI is InChI=1S/C25H22N4O4S/c30-24(23-26-12-16(34-23)13-28-9-2-5-21(28)25(31)32)29-10-8-18-17(3-1-4-20(18)29)15-6-7-22-19(11-15)27-14-33-22/h1,3-4,6-7,11-12,14,21H,2,5,8-10,13H2,(H,31,32)/t21-/m0/s1. The summed E-state index contributed by atoms with van der Waals surface area (Å²) in [6, 6.07) is 11.5. The number of hydrogen-bond donors (Lipinski definition) is 1. The first-order valence-electron chi connectivity index (χ1n) is 11.3. The van der Waals surface area contributed by atoms with Crippen LogP contribution in [0.2, 0.25) is 0 Å². The maximum Gasteiger partial charge on any atom is 0.320 e. The number of carboxylic acids is 1. The number of fused-ring (bicyclic) bond motifs is 2. The minimum absolute atomic E-state index is 0.115. The number of aromatic nitrogens is 2. The van der Waals surface area contributed by atoms with E-state index in [0.717, 1.165) is 57.7 Å². The number of thiazole rings is 1. The van der Waals surface area contributed by atoms with E-state index < -0.39 is 12.0 Å². The van der Waals surface area contributed by atoms with Crippen LogP contribution in [0.4, 0.5) is 5.69 Å². The number of benzene rings is 2. The topological polar surface area (TPSA) is 99.8 Å². The Kier molecular flexibility index (Phi) is 5.15. The van der Waals surface area contributed by atoms with Gasteiger partial charge in [0.25, 0.3) is 5.91 Å². The summed E-state index contributed by atoms with van der Waals surface area (Å²) >= 11 is 1.35. The van der Waals surface area contributed by atoms with Gasteiger partial charge in [0.15, 0.2) is 17.0 Å². The Bertz CT molecular complexity index is 1410. The molecule has 1 atom stereocenters. The Morgan fingerprint density at radius 1 is 1.18 bits per heavy atom. The second-order valence-corrected chi connectivity index (χ2v) is 9.76. The monoisotopic (exact) mass is 474 g/mol. The predicted octanol–water partition coefficient (Wildman–Crippen LogP) is 4.20. The van der Waals surface area contributed by atoms with Crippen LogP contribution in [-0.2, 0) is 17.8 Å². The van der Waals surface area contributed by atoms with Gasteiger partial charge in [-0.1, -0.05) is 18.2 Å². The molecular weight excluding hydrogens is 452 g/mol. The van der Waals surface area contributed by atoms with Crippen molar-refractivity contribution in [1.29, 1.82) is 0 Å². The van der Waals surface area contributed by atoms with Crippen LogP contribution in [0.15, 0.2) is 53.4 Å². The van der Waals surface area contributed by atoms with E-state index in [9.17, 15) is 14.7 Å². The summed E-state index contributed by atoms with van der Waals surface area (Å²) < 4.78 is 5.36. The molecule has 0 spiro atoms. The number of carboxylic acid groups (broad SMARTS) is 1. The molecule has 2 aromatic heterocycles. The van der Waals surface area contributed by atoms with Crippen LogP contribution in [0.25, 0.3) is 22.2 Å². The van der Waals surface area contributed by atoms with E-state index in [1.165, 1.54) is 17.7 Å². The molecule has 34 heavy (non-hydrogen) atoms. The Hall–Kier alpha value is -3.56. The lowest BCUT2D eigenvalue weighted by Gasteiger charge is -2.19. The lowest BCUT2D eigenvalue weighted by Crippen LogP contribution is -2.35. The predicted molar refractivity (Wildman–Crippen MR) is 128 cm³/mol. The first kappa shape index (κ1) is 21.0. The number of oxazole rings is 1. The van der Waals surface area contributed by atoms with E-state index in [0.29, 0.717) is 24.5 Å². The summed E-state index contributed by atoms with van der Waals surface area (Å²) in [6.45, 7) is 1.85. The maximum absolute atomic E-state index is 13.4. The average molecular weight is 475 g/mol. The van der Waals surface area contributed by atoms with Gasteiger partial charge in [-0.2, -0.15) is 0 Å². The third-order valence-electron chi connectivity index (χ3n) is 6.66. The van der Waals surface area contributed by atoms with Gasteiger partial charge in [-0.25, -0.2) is 9.97 Å². The van der Waals surface area contributed by atoms with E-state index in [-0.39, 0.29) is 5.91 Å². The minimum Gasteiger partial charge on any atom is -0.480 e. The first-order chi connectivity index (χ1) is 16.6. The lowest BCUT2D eigenvalue weighted by molar-refractivity contribution is -0.142. The molecule has 1 amide bonds. The Balaban J connectivity index is 1.24. The molecule has 0 radical (unpaired) electrons. The summed E-state index contributed by atoms with van der Waals surface area (Å²) in [5, 5.41) is 9.85. The third-order valence-corrected chi connectivity index (χ3v) is 7.63. The van der Waals surface area contributed by atoms with Crippen LogP contribution in [0.1, 0.15) is 33.1 Å². The highest BCUT2D eigenvalue weighted by Gasteiger charge is 2.32. The molecule has 2 aromatic carbocycles. The van der Waals surface area contributed by atoms with E-state index in [4.69, 9.17) is 4.42 Å². The van der Waals surface area contributed by atoms with Gasteiger partial charge in [-0.15, -0.1) is 11.3 Å². The van der Waals surface area contributed by atoms with Gasteiger partial charge in [0.2, 0.25) is 0 Å². The Labute approximate surface area is 199 Å². The Morgan fingerprint density at radius 3 is 2.97 bits per heavy atom. The number of carbonyl (C=O) groups is 2. The smallest absolute Gasteiger partial charge is 0.320 e. The molecule has 1 fully saturated rings. The molecule has 0 aliphatic carbocycles. The van der Waals surface area contributed by atoms with Gasteiger partial charge >= 0.3 is 5.97 Å². The normalized spacial score (nSPS) is 18.0. The molecule has 2 aliphatic rings. The van der Waals surface area contributed by atoms with Crippen LogP contribution in [-0.4, -0.2) is 51.0 Å². The highest BCUT2D eigenvalue weighted by Crippen LogP contribution is 2.38. The highest BCUT2D eigenvalue weighted by molar-refractivity contribution is 7.13. The number of likely N-dealkylation sites (tertiary alicyclic amines) is 1. The van der Waals surface area contributed by atoms with Gasteiger partial charge in [0.05, 0.1) is 0 Å². The van der Waals surface area contributed by atoms with Gasteiger partial charge in [0, 0.05) is 29.9 Å². The van der Waals surface area contributed by atoms with Crippen LogP contribution in [0, 0.1) is 0 Å². The van der Waals surface area contributed by atoms with Gasteiger partial charge < -0.3 is 14.4 Å². The fourth-order valence-corrected chi connectivity index (χ4v) is 5.92. The van der Waals surface area contributed by atoms with Gasteiger partial charge in [-0.3, -0.25) is 14.5 Å². The zero-order valence-corrected chi connectivity index (χ0v) is 19.1. The molecule has 172 valence electrons. The molecule has 0 bridgehead atoms. The molecule has 1 N–H and O–H groups in total. The number of hydrogen-bond acceptors (Lipinski definition) is 7. The van der Waals surface area contributed by atoms with E-state index in [2.05, 4.69) is 16.0 Å². The summed E-state index contributed by atoms with van der Waals surface area (Å²) in [6.07, 6.45) is 5.45. The van der Waals surface area contributed by atoms with E-state index >= 15 is 0 Å². The third kappa shape index (κ3) is 3.57. The van der Waals surface area contributed by atoms with Crippen molar-refractivity contribution >= 4 is 40.0 Å². The second-order valence-electron chi connectivity index (χ2n) is 8.64. The Morgan fingerprint density at radius 2 is 2.09 bits per heavy atom. The highest BCUT2D eigenvalue weighted by atomic mass is 32.1. The van der Waals surface area contributed by atoms with Gasteiger partial charge in [0.1, 0.15) is 11.6 Å². The SMILES string of the molecule is O=C(O)[C@@H]1CCCN1Cc1cnc(C(=O)N2CCc3c(-c4ccc5ocnc5c4)cccc32)s1. The van der Waals surface area contributed by atoms with E-state index in [1.54, 1.807) is 11.1 Å². The number of nitrogens with zero attached hydrogens (tertiary/aromatic N) is 4. The van der Waals surface area contributed by atoms with Crippen molar-refractivity contribution in [2.24, 2.45) is 0 Å². The van der Waals surface area contributed by atoms with Crippen LogP contribution in [0.5, 0.6) is 0 Å². The number of amides is 1. The lowest BCUT2D eigenvalue weighted by atomic mass is 9.97. The quantitative estimate of drug-likeness (QED) is 0.463. The molecule has 4 heterocycles. The van der Waals surface area contributed by atoms with Crippen molar-refractivity contribution in [2.75, 3.05) is 18.0 Å². The molecule has 1 saturated heterocycles. The largest absolute Gasteiger partial charge is 0.480 e. The van der Waals surface area contributed by atoms with Crippen molar-refractivity contribution in [1.82, 2.24) is 14.9 Å². The van der Waals surface area contributed by atoms with Crippen LogP contribution < -0.4 is 4.90 Å². The van der Waals surface area contributed by atoms with Crippen molar-refractivity contribution in [2.45, 2.75) is 31.8 Å². The summed E-state index contributed by atoms with van der Waals surface area (Å²) in [7, 11) is 0. The molecule has 0 saturated carbocycles. The zero-order chi connectivity index (χ0) is 23.2. The van der Waals surface area contributed by atoms with Gasteiger partial charge in [-0.05, 0) is 60.7 Å². The number of anilines is 1. The fraction of sp³-hybridized carbons (Fsp3) is 0.280. The molecule has 6 rings (SSSR count). The maximum atomic E-state index is 13.4. The van der Waals surface area contributed by atoms with Crippen LogP contribution in [0.3, 0.4) is 0 Å². The number of rotatable bonds is 5. The van der Waals surface area contributed by atoms with Crippen LogP contribution >= 0.6 is 11.3 Å². The van der Waals surface area contributed by atoms with Crippen molar-refractivity contribution in [3.63, 3.8) is 0 Å². The second kappa shape index (κ2) is 8.34. The molecule has 0 unspecified atom stereocenters. The van der Waals surface area contributed by atoms with Crippen molar-refractivity contribution in [3.8, 4) is 11.1 Å². The molecule has 9 heteroatoms.